The van der Waals surface area contributed by atoms with E-state index in [4.69, 9.17) is 66.7 Å². The van der Waals surface area contributed by atoms with E-state index in [2.05, 4.69) is 22.6 Å². The first kappa shape index (κ1) is 47.9. The van der Waals surface area contributed by atoms with Crippen molar-refractivity contribution in [2.24, 2.45) is 0 Å². The first-order chi connectivity index (χ1) is 24.1. The van der Waals surface area contributed by atoms with Gasteiger partial charge in [0.2, 0.25) is 5.78 Å². The predicted molar refractivity (Wildman–Crippen MR) is 182 cm³/mol. The molecule has 0 aromatic carbocycles. The zero-order valence-corrected chi connectivity index (χ0v) is 30.8. The predicted octanol–water partition coefficient (Wildman–Crippen LogP) is 0.598. The Hall–Kier alpha value is -1.14. The van der Waals surface area contributed by atoms with E-state index in [1.54, 1.807) is 0 Å². The van der Waals surface area contributed by atoms with E-state index < -0.39 is 17.7 Å². The van der Waals surface area contributed by atoms with Crippen LogP contribution in [0.5, 0.6) is 0 Å². The number of hydrogen-bond donors (Lipinski definition) is 1. The molecule has 0 heterocycles. The van der Waals surface area contributed by atoms with Gasteiger partial charge in [-0.25, -0.2) is 4.79 Å². The van der Waals surface area contributed by atoms with E-state index in [-0.39, 0.29) is 26.1 Å². The van der Waals surface area contributed by atoms with Crippen molar-refractivity contribution in [3.8, 4) is 0 Å². The van der Waals surface area contributed by atoms with Gasteiger partial charge in [-0.15, -0.1) is 0 Å². The van der Waals surface area contributed by atoms with E-state index in [1.807, 2.05) is 0 Å². The summed E-state index contributed by atoms with van der Waals surface area (Å²) in [4.78, 5) is 32.6. The number of carbonyl (C=O) groups excluding carboxylic acids is 2. The van der Waals surface area contributed by atoms with Gasteiger partial charge in [0.1, 0.15) is 6.61 Å². The van der Waals surface area contributed by atoms with Crippen LogP contribution in [0.3, 0.4) is 0 Å². The van der Waals surface area contributed by atoms with Crippen molar-refractivity contribution >= 4 is 40.3 Å². The van der Waals surface area contributed by atoms with Crippen LogP contribution in [-0.2, 0) is 76.0 Å². The Bertz CT molecular complexity index is 734. The maximum absolute atomic E-state index is 11.4. The summed E-state index contributed by atoms with van der Waals surface area (Å²) in [6, 6.07) is 0. The van der Waals surface area contributed by atoms with Gasteiger partial charge in [-0.2, -0.15) is 0 Å². The lowest BCUT2D eigenvalue weighted by atomic mass is 10.2. The number of esters is 1. The summed E-state index contributed by atoms with van der Waals surface area (Å²) in [6.07, 6.45) is -0.661. The van der Waals surface area contributed by atoms with Gasteiger partial charge in [-0.3, -0.25) is 9.59 Å². The van der Waals surface area contributed by atoms with Crippen molar-refractivity contribution in [2.45, 2.75) is 12.8 Å². The van der Waals surface area contributed by atoms with Crippen molar-refractivity contribution in [1.82, 2.24) is 0 Å². The lowest BCUT2D eigenvalue weighted by Crippen LogP contribution is -2.17. The van der Waals surface area contributed by atoms with E-state index >= 15 is 0 Å². The zero-order chi connectivity index (χ0) is 35.7. The molecule has 18 heteroatoms. The molecular weight excluding hydrogens is 771 g/mol. The number of ketones is 1. The Morgan fingerprint density at radius 1 is 0.347 bits per heavy atom. The lowest BCUT2D eigenvalue weighted by molar-refractivity contribution is -0.151. The summed E-state index contributed by atoms with van der Waals surface area (Å²) >= 11 is 2.27. The molecule has 0 amide bonds. The smallest absolute Gasteiger partial charge is 0.372 e. The van der Waals surface area contributed by atoms with Crippen LogP contribution in [0.25, 0.3) is 0 Å². The van der Waals surface area contributed by atoms with Gasteiger partial charge in [0, 0.05) is 10.8 Å². The van der Waals surface area contributed by atoms with Crippen molar-refractivity contribution in [1.29, 1.82) is 0 Å². The van der Waals surface area contributed by atoms with Crippen LogP contribution in [0.15, 0.2) is 0 Å². The topological polar surface area (TPSA) is 191 Å². The summed E-state index contributed by atoms with van der Waals surface area (Å²) in [5.41, 5.74) is 0. The number of ether oxygens (including phenoxy) is 13. The zero-order valence-electron chi connectivity index (χ0n) is 28.7. The van der Waals surface area contributed by atoms with Gasteiger partial charge in [-0.05, 0) is 0 Å². The molecule has 0 aromatic rings. The second-order valence-electron chi connectivity index (χ2n) is 9.49. The average Bonchev–Trinajstić information content (AvgIpc) is 3.10. The van der Waals surface area contributed by atoms with Crippen LogP contribution >= 0.6 is 22.6 Å². The summed E-state index contributed by atoms with van der Waals surface area (Å²) in [5, 5.41) is 8.44. The molecule has 0 unspecified atom stereocenters. The number of carboxylic acid groups (broad SMARTS) is 1. The number of alkyl halides is 1. The fraction of sp³-hybridized carbons (Fsp3) is 0.903. The highest BCUT2D eigenvalue weighted by Gasteiger charge is 2.14. The Morgan fingerprint density at radius 3 is 0.796 bits per heavy atom. The maximum Gasteiger partial charge on any atom is 0.372 e. The van der Waals surface area contributed by atoms with Crippen LogP contribution in [-0.4, -0.2) is 192 Å². The fourth-order valence-electron chi connectivity index (χ4n) is 3.18. The minimum atomic E-state index is -1.56. The summed E-state index contributed by atoms with van der Waals surface area (Å²) < 4.78 is 70.7. The first-order valence-electron chi connectivity index (χ1n) is 16.5. The van der Waals surface area contributed by atoms with Gasteiger partial charge in [0.25, 0.3) is 0 Å². The Kier molecular flexibility index (Phi) is 40.3. The Labute approximate surface area is 303 Å². The second kappa shape index (κ2) is 41.3. The number of carboxylic acids is 1. The standard InChI is InChI=1S/C31H57IO17/c32-3-4-37-5-6-38-7-8-39-9-10-40-11-12-41-13-14-42-15-16-43-17-18-44-19-20-45-21-22-46-23-24-47-25-26-48-27-28-49-30(34)2-1-29(33)31(35)36/h1-28H2,(H,35,36). The van der Waals surface area contributed by atoms with Crippen LogP contribution in [0, 0.1) is 0 Å². The summed E-state index contributed by atoms with van der Waals surface area (Å²) in [7, 11) is 0. The highest BCUT2D eigenvalue weighted by Crippen LogP contribution is 1.95. The number of hydrogen-bond acceptors (Lipinski definition) is 16. The lowest BCUT2D eigenvalue weighted by Gasteiger charge is -2.09. The monoisotopic (exact) mass is 828 g/mol. The number of aliphatic carboxylic acids is 1. The van der Waals surface area contributed by atoms with Crippen LogP contribution in [0.1, 0.15) is 12.8 Å². The van der Waals surface area contributed by atoms with Crippen molar-refractivity contribution in [3.63, 3.8) is 0 Å². The summed E-state index contributed by atoms with van der Waals surface area (Å²) in [5.74, 6) is -3.24. The molecule has 0 radical (unpaired) electrons. The van der Waals surface area contributed by atoms with E-state index in [0.29, 0.717) is 145 Å². The molecular formula is C31H57IO17. The van der Waals surface area contributed by atoms with Gasteiger partial charge < -0.3 is 66.7 Å². The normalized spacial score (nSPS) is 11.3. The molecule has 0 aliphatic rings. The largest absolute Gasteiger partial charge is 0.476 e. The van der Waals surface area contributed by atoms with Gasteiger partial charge in [-0.1, -0.05) is 22.6 Å². The number of Topliss-reactive ketones (excluding diaryl/α,β-unsaturated/α-hetero) is 1. The van der Waals surface area contributed by atoms with Crippen LogP contribution in [0.2, 0.25) is 0 Å². The second-order valence-corrected chi connectivity index (χ2v) is 10.6. The molecule has 290 valence electrons. The number of rotatable bonds is 42. The fourth-order valence-corrected chi connectivity index (χ4v) is 3.50. The highest BCUT2D eigenvalue weighted by molar-refractivity contribution is 14.1. The van der Waals surface area contributed by atoms with Gasteiger partial charge in [0.15, 0.2) is 0 Å². The highest BCUT2D eigenvalue weighted by atomic mass is 127. The third kappa shape index (κ3) is 41.2. The van der Waals surface area contributed by atoms with Crippen LogP contribution in [0.4, 0.5) is 0 Å². The average molecular weight is 829 g/mol. The van der Waals surface area contributed by atoms with E-state index in [0.717, 1.165) is 11.0 Å². The molecule has 0 atom stereocenters. The molecule has 17 nitrogen and oxygen atoms in total. The molecule has 49 heavy (non-hydrogen) atoms. The third-order valence-electron chi connectivity index (χ3n) is 5.60. The quantitative estimate of drug-likeness (QED) is 0.0296. The van der Waals surface area contributed by atoms with Crippen molar-refractivity contribution < 1.29 is 81.1 Å². The maximum atomic E-state index is 11.4. The molecule has 1 N–H and O–H groups in total. The molecule has 0 aliphatic carbocycles. The molecule has 0 bridgehead atoms. The molecule has 0 rings (SSSR count). The molecule has 0 aromatic heterocycles. The minimum absolute atomic E-state index is 0.0130. The van der Waals surface area contributed by atoms with Crippen LogP contribution < -0.4 is 0 Å². The molecule has 0 saturated carbocycles. The SMILES string of the molecule is O=C(CCC(=O)C(=O)O)OCCOCCOCCOCCOCCOCCOCCOCCOCCOCCOCCOCCOCCI. The molecule has 0 fully saturated rings. The number of carbonyl (C=O) groups is 3. The molecule has 0 aliphatic heterocycles. The minimum Gasteiger partial charge on any atom is -0.476 e. The third-order valence-corrected chi connectivity index (χ3v) is 6.04. The molecule has 0 spiro atoms. The van der Waals surface area contributed by atoms with Crippen molar-refractivity contribution in [3.05, 3.63) is 0 Å². The van der Waals surface area contributed by atoms with E-state index in [1.165, 1.54) is 0 Å². The first-order valence-corrected chi connectivity index (χ1v) is 18.0. The Balaban J connectivity index is 3.11. The summed E-state index contributed by atoms with van der Waals surface area (Å²) in [6.45, 7) is 11.5. The number of halogens is 1. The van der Waals surface area contributed by atoms with Crippen molar-refractivity contribution in [2.75, 3.05) is 170 Å². The molecule has 0 saturated heterocycles. The van der Waals surface area contributed by atoms with E-state index in [9.17, 15) is 14.4 Å². The van der Waals surface area contributed by atoms with Gasteiger partial charge >= 0.3 is 11.9 Å². The Morgan fingerprint density at radius 2 is 0.571 bits per heavy atom. The van der Waals surface area contributed by atoms with Gasteiger partial charge in [0.05, 0.1) is 165 Å².